The summed E-state index contributed by atoms with van der Waals surface area (Å²) >= 11 is 0. The number of nitrogens with zero attached hydrogens (tertiary/aromatic N) is 1. The van der Waals surface area contributed by atoms with E-state index in [0.717, 1.165) is 25.9 Å². The van der Waals surface area contributed by atoms with Gasteiger partial charge in [0.05, 0.1) is 0 Å². The number of halogens is 3. The van der Waals surface area contributed by atoms with Gasteiger partial charge in [0.15, 0.2) is 0 Å². The zero-order valence-electron chi connectivity index (χ0n) is 9.06. The van der Waals surface area contributed by atoms with Crippen LogP contribution in [0, 0.1) is 11.6 Å². The summed E-state index contributed by atoms with van der Waals surface area (Å²) in [7, 11) is 0. The van der Waals surface area contributed by atoms with Crippen LogP contribution in [0.4, 0.5) is 8.78 Å². The maximum Gasteiger partial charge on any atom is 0.130 e. The Morgan fingerprint density at radius 1 is 1.00 bits per heavy atom. The molecule has 0 spiro atoms. The van der Waals surface area contributed by atoms with Gasteiger partial charge in [0.2, 0.25) is 0 Å². The van der Waals surface area contributed by atoms with Crippen molar-refractivity contribution in [2.24, 2.45) is 0 Å². The largest absolute Gasteiger partial charge is 1.00 e. The Kier molecular flexibility index (Phi) is 5.16. The lowest BCUT2D eigenvalue weighted by atomic mass is 10.1. The van der Waals surface area contributed by atoms with E-state index in [0.29, 0.717) is 6.54 Å². The van der Waals surface area contributed by atoms with Crippen LogP contribution in [-0.4, -0.2) is 18.0 Å². The van der Waals surface area contributed by atoms with Crippen molar-refractivity contribution in [1.29, 1.82) is 0 Å². The van der Waals surface area contributed by atoms with Crippen molar-refractivity contribution in [2.45, 2.75) is 25.8 Å². The topological polar surface area (TPSA) is 3.24 Å². The predicted octanol–water partition coefficient (Wildman–Crippen LogP) is -0.0453. The van der Waals surface area contributed by atoms with Gasteiger partial charge < -0.3 is 12.4 Å². The van der Waals surface area contributed by atoms with E-state index in [-0.39, 0.29) is 18.0 Å². The second-order valence-electron chi connectivity index (χ2n) is 4.04. The monoisotopic (exact) mass is 246 g/mol. The lowest BCUT2D eigenvalue weighted by molar-refractivity contribution is -0.00000431. The minimum atomic E-state index is -0.430. The van der Waals surface area contributed by atoms with E-state index in [1.54, 1.807) is 0 Å². The lowest BCUT2D eigenvalue weighted by Crippen LogP contribution is -3.00. The third-order valence-corrected chi connectivity index (χ3v) is 2.89. The molecule has 0 aliphatic carbocycles. The summed E-state index contributed by atoms with van der Waals surface area (Å²) in [6.45, 7) is 2.31. The average Bonchev–Trinajstić information content (AvgIpc) is 2.25. The zero-order chi connectivity index (χ0) is 10.7. The van der Waals surface area contributed by atoms with Crippen LogP contribution in [0.3, 0.4) is 0 Å². The molecule has 0 N–H and O–H groups in total. The van der Waals surface area contributed by atoms with E-state index < -0.39 is 11.6 Å². The summed E-state index contributed by atoms with van der Waals surface area (Å²) in [5.74, 6) is -0.860. The highest BCUT2D eigenvalue weighted by molar-refractivity contribution is 5.19. The van der Waals surface area contributed by atoms with Gasteiger partial charge in [0.25, 0.3) is 0 Å². The summed E-state index contributed by atoms with van der Waals surface area (Å²) in [5.41, 5.74) is 0.208. The number of piperidine rings is 1. The summed E-state index contributed by atoms with van der Waals surface area (Å²) < 4.78 is 26.7. The molecule has 0 radical (unpaired) electrons. The van der Waals surface area contributed by atoms with Crippen molar-refractivity contribution >= 4 is 0 Å². The molecule has 1 aromatic carbocycles. The van der Waals surface area contributed by atoms with Gasteiger partial charge in [-0.2, -0.15) is 0 Å². The smallest absolute Gasteiger partial charge is 0.130 e. The minimum absolute atomic E-state index is 0. The molecule has 1 aliphatic rings. The molecule has 0 saturated carbocycles. The van der Waals surface area contributed by atoms with Gasteiger partial charge in [-0.1, -0.05) is 12.5 Å². The molecule has 1 aromatic rings. The first kappa shape index (κ1) is 13.4. The maximum atomic E-state index is 13.3. The first-order valence-electron chi connectivity index (χ1n) is 5.42. The van der Waals surface area contributed by atoms with Gasteiger partial charge >= 0.3 is 0 Å². The molecule has 1 aliphatic heterocycles. The van der Waals surface area contributed by atoms with Crippen molar-refractivity contribution in [2.75, 3.05) is 13.1 Å². The molecule has 1 fully saturated rings. The van der Waals surface area contributed by atoms with Crippen LogP contribution in [-0.2, 0) is 6.54 Å². The third kappa shape index (κ3) is 3.16. The second kappa shape index (κ2) is 6.16. The van der Waals surface area contributed by atoms with Crippen LogP contribution in [0.2, 0.25) is 0 Å². The van der Waals surface area contributed by atoms with Crippen molar-refractivity contribution in [3.05, 3.63) is 35.4 Å². The van der Waals surface area contributed by atoms with Crippen molar-refractivity contribution in [3.8, 4) is 0 Å². The molecule has 0 aromatic heterocycles. The molecule has 0 amide bonds. The van der Waals surface area contributed by atoms with E-state index in [1.165, 1.54) is 24.6 Å². The van der Waals surface area contributed by atoms with Gasteiger partial charge in [0.1, 0.15) is 11.6 Å². The van der Waals surface area contributed by atoms with E-state index >= 15 is 0 Å². The Morgan fingerprint density at radius 3 is 2.12 bits per heavy atom. The highest BCUT2D eigenvalue weighted by atomic mass is 35.5. The van der Waals surface area contributed by atoms with Crippen molar-refractivity contribution < 1.29 is 21.2 Å². The fourth-order valence-electron chi connectivity index (χ4n) is 2.02. The Labute approximate surface area is 101 Å². The highest BCUT2D eigenvalue weighted by Crippen LogP contribution is 2.17. The third-order valence-electron chi connectivity index (χ3n) is 2.89. The first-order valence-corrected chi connectivity index (χ1v) is 5.42. The lowest BCUT2D eigenvalue weighted by Gasteiger charge is -2.26. The number of hydrogen-bond donors (Lipinski definition) is 0. The Morgan fingerprint density at radius 2 is 1.56 bits per heavy atom. The quantitative estimate of drug-likeness (QED) is 0.708. The number of likely N-dealkylation sites (tertiary alicyclic amines) is 1. The molecule has 90 valence electrons. The van der Waals surface area contributed by atoms with Gasteiger partial charge in [-0.15, -0.1) is 0 Å². The molecule has 4 heteroatoms. The Balaban J connectivity index is 0.00000128. The number of hydrogen-bond acceptors (Lipinski definition) is 1. The van der Waals surface area contributed by atoms with E-state index in [2.05, 4.69) is 4.90 Å². The first-order chi connectivity index (χ1) is 7.27. The van der Waals surface area contributed by atoms with Crippen molar-refractivity contribution in [1.82, 2.24) is 4.90 Å². The molecule has 0 unspecified atom stereocenters. The molecule has 16 heavy (non-hydrogen) atoms. The minimum Gasteiger partial charge on any atom is -1.00 e. The normalized spacial score (nSPS) is 16.9. The SMILES string of the molecule is Fc1cccc(F)c1CN1CCCCC1.[Cl-]. The van der Waals surface area contributed by atoms with Crippen LogP contribution in [0.5, 0.6) is 0 Å². The van der Waals surface area contributed by atoms with Crippen LogP contribution in [0.25, 0.3) is 0 Å². The molecule has 1 saturated heterocycles. The summed E-state index contributed by atoms with van der Waals surface area (Å²) in [5, 5.41) is 0. The van der Waals surface area contributed by atoms with Gasteiger partial charge in [-0.3, -0.25) is 4.90 Å². The average molecular weight is 247 g/mol. The van der Waals surface area contributed by atoms with Crippen molar-refractivity contribution in [3.63, 3.8) is 0 Å². The van der Waals surface area contributed by atoms with Crippen LogP contribution in [0.15, 0.2) is 18.2 Å². The fourth-order valence-corrected chi connectivity index (χ4v) is 2.02. The molecule has 0 bridgehead atoms. The van der Waals surface area contributed by atoms with E-state index in [9.17, 15) is 8.78 Å². The van der Waals surface area contributed by atoms with E-state index in [4.69, 9.17) is 0 Å². The summed E-state index contributed by atoms with van der Waals surface area (Å²) in [6.07, 6.45) is 3.50. The van der Waals surface area contributed by atoms with Crippen LogP contribution in [0.1, 0.15) is 24.8 Å². The van der Waals surface area contributed by atoms with Gasteiger partial charge in [-0.25, -0.2) is 8.78 Å². The summed E-state index contributed by atoms with van der Waals surface area (Å²) in [6, 6.07) is 4.05. The Bertz CT molecular complexity index is 318. The summed E-state index contributed by atoms with van der Waals surface area (Å²) in [4.78, 5) is 2.12. The second-order valence-corrected chi connectivity index (χ2v) is 4.04. The predicted molar refractivity (Wildman–Crippen MR) is 55.5 cm³/mol. The molecule has 2 rings (SSSR count). The van der Waals surface area contributed by atoms with Gasteiger partial charge in [-0.05, 0) is 38.1 Å². The molecule has 1 heterocycles. The number of benzene rings is 1. The molecular formula is C12H15ClF2N-. The van der Waals surface area contributed by atoms with Crippen LogP contribution < -0.4 is 12.4 Å². The van der Waals surface area contributed by atoms with Gasteiger partial charge in [0, 0.05) is 12.1 Å². The standard InChI is InChI=1S/C12H15F2N.ClH/c13-11-5-4-6-12(14)10(11)9-15-7-2-1-3-8-15;/h4-6H,1-3,7-9H2;1H/p-1. The Hall–Kier alpha value is -0.670. The zero-order valence-corrected chi connectivity index (χ0v) is 9.81. The molecule has 0 atom stereocenters. The number of rotatable bonds is 2. The maximum absolute atomic E-state index is 13.3. The fraction of sp³-hybridized carbons (Fsp3) is 0.500. The molecular weight excluding hydrogens is 232 g/mol. The van der Waals surface area contributed by atoms with Crippen LogP contribution >= 0.6 is 0 Å². The highest BCUT2D eigenvalue weighted by Gasteiger charge is 2.15. The van der Waals surface area contributed by atoms with E-state index in [1.807, 2.05) is 0 Å². The molecule has 1 nitrogen and oxygen atoms in total.